The van der Waals surface area contributed by atoms with Crippen LogP contribution < -0.4 is 21.7 Å². The van der Waals surface area contributed by atoms with E-state index in [0.29, 0.717) is 11.3 Å². The molecule has 6 heteroatoms. The molecule has 1 aromatic rings. The van der Waals surface area contributed by atoms with Crippen molar-refractivity contribution in [1.82, 2.24) is 0 Å². The van der Waals surface area contributed by atoms with E-state index >= 15 is 0 Å². The summed E-state index contributed by atoms with van der Waals surface area (Å²) in [6, 6.07) is 4.61. The van der Waals surface area contributed by atoms with Gasteiger partial charge in [0.2, 0.25) is 5.91 Å². The van der Waals surface area contributed by atoms with Crippen LogP contribution in [-0.2, 0) is 4.79 Å². The molecule has 1 aliphatic rings. The van der Waals surface area contributed by atoms with Gasteiger partial charge in [0.15, 0.2) is 0 Å². The van der Waals surface area contributed by atoms with Gasteiger partial charge < -0.3 is 21.7 Å². The first kappa shape index (κ1) is 17.3. The molecule has 1 heterocycles. The summed E-state index contributed by atoms with van der Waals surface area (Å²) < 4.78 is 0. The number of benzene rings is 1. The van der Waals surface area contributed by atoms with E-state index in [1.807, 2.05) is 19.9 Å². The predicted octanol–water partition coefficient (Wildman–Crippen LogP) is 1.70. The average Bonchev–Trinajstić information content (AvgIpc) is 2.54. The van der Waals surface area contributed by atoms with Gasteiger partial charge in [0.05, 0.1) is 17.3 Å². The van der Waals surface area contributed by atoms with Crippen LogP contribution in [0.5, 0.6) is 0 Å². The number of carbonyl (C=O) groups is 2. The molecule has 0 aromatic heterocycles. The highest BCUT2D eigenvalue weighted by molar-refractivity contribution is 6.01. The summed E-state index contributed by atoms with van der Waals surface area (Å²) in [4.78, 5) is 26.0. The van der Waals surface area contributed by atoms with Gasteiger partial charge >= 0.3 is 0 Å². The van der Waals surface area contributed by atoms with Crippen LogP contribution in [0.4, 0.5) is 11.4 Å². The van der Waals surface area contributed by atoms with E-state index in [-0.39, 0.29) is 11.8 Å². The van der Waals surface area contributed by atoms with Crippen LogP contribution in [0.15, 0.2) is 18.2 Å². The summed E-state index contributed by atoms with van der Waals surface area (Å²) in [6.07, 6.45) is 3.38. The molecule has 0 spiro atoms. The molecule has 0 radical (unpaired) electrons. The fourth-order valence-electron chi connectivity index (χ4n) is 2.74. The number of nitrogens with zero attached hydrogens (tertiary/aromatic N) is 1. The lowest BCUT2D eigenvalue weighted by atomic mass is 10.0. The Kier molecular flexibility index (Phi) is 5.60. The van der Waals surface area contributed by atoms with Crippen LogP contribution >= 0.6 is 0 Å². The molecule has 0 saturated carbocycles. The second kappa shape index (κ2) is 7.46. The minimum atomic E-state index is -0.566. The van der Waals surface area contributed by atoms with Gasteiger partial charge in [-0.3, -0.25) is 9.59 Å². The molecule has 0 unspecified atom stereocenters. The Hall–Kier alpha value is -2.08. The monoisotopic (exact) mass is 318 g/mol. The number of nitrogens with one attached hydrogen (secondary N) is 1. The SMILES string of the molecule is CC(C)[C@H](N)C(=O)Nc1ccc(C(N)=O)c(N2CCCCC2)c1. The lowest BCUT2D eigenvalue weighted by molar-refractivity contribution is -0.118. The second-order valence-corrected chi connectivity index (χ2v) is 6.40. The molecule has 6 nitrogen and oxygen atoms in total. The Bertz CT molecular complexity index is 580. The molecular formula is C17H26N4O2. The molecule has 0 aliphatic carbocycles. The van der Waals surface area contributed by atoms with Gasteiger partial charge in [-0.15, -0.1) is 0 Å². The van der Waals surface area contributed by atoms with E-state index in [9.17, 15) is 9.59 Å². The third-order valence-electron chi connectivity index (χ3n) is 4.25. The first-order valence-corrected chi connectivity index (χ1v) is 8.15. The number of carbonyl (C=O) groups excluding carboxylic acids is 2. The number of hydrogen-bond acceptors (Lipinski definition) is 4. The zero-order valence-corrected chi connectivity index (χ0v) is 13.8. The van der Waals surface area contributed by atoms with E-state index < -0.39 is 11.9 Å². The molecule has 1 aromatic carbocycles. The molecule has 1 aliphatic heterocycles. The van der Waals surface area contributed by atoms with Crippen LogP contribution in [0.25, 0.3) is 0 Å². The zero-order chi connectivity index (χ0) is 17.0. The van der Waals surface area contributed by atoms with Crippen molar-refractivity contribution in [3.05, 3.63) is 23.8 Å². The van der Waals surface area contributed by atoms with E-state index in [4.69, 9.17) is 11.5 Å². The lowest BCUT2D eigenvalue weighted by Crippen LogP contribution is -2.39. The minimum Gasteiger partial charge on any atom is -0.371 e. The third-order valence-corrected chi connectivity index (χ3v) is 4.25. The van der Waals surface area contributed by atoms with Crippen LogP contribution in [0.1, 0.15) is 43.5 Å². The van der Waals surface area contributed by atoms with Crippen LogP contribution in [0.3, 0.4) is 0 Å². The van der Waals surface area contributed by atoms with Gasteiger partial charge in [-0.05, 0) is 43.4 Å². The van der Waals surface area contributed by atoms with Gasteiger partial charge in [0.1, 0.15) is 0 Å². The maximum absolute atomic E-state index is 12.1. The normalized spacial score (nSPS) is 16.3. The highest BCUT2D eigenvalue weighted by Gasteiger charge is 2.20. The lowest BCUT2D eigenvalue weighted by Gasteiger charge is -2.30. The molecule has 0 bridgehead atoms. The molecule has 5 N–H and O–H groups in total. The maximum Gasteiger partial charge on any atom is 0.250 e. The van der Waals surface area contributed by atoms with Gasteiger partial charge in [-0.25, -0.2) is 0 Å². The molecular weight excluding hydrogens is 292 g/mol. The standard InChI is InChI=1S/C17H26N4O2/c1-11(2)15(18)17(23)20-12-6-7-13(16(19)22)14(10-12)21-8-4-3-5-9-21/h6-7,10-11,15H,3-5,8-9,18H2,1-2H3,(H2,19,22)(H,20,23)/t15-/m0/s1. The first-order valence-electron chi connectivity index (χ1n) is 8.15. The van der Waals surface area contributed by atoms with E-state index in [2.05, 4.69) is 10.2 Å². The number of rotatable bonds is 5. The van der Waals surface area contributed by atoms with Crippen molar-refractivity contribution < 1.29 is 9.59 Å². The zero-order valence-electron chi connectivity index (χ0n) is 13.8. The molecule has 1 atom stereocenters. The summed E-state index contributed by atoms with van der Waals surface area (Å²) in [5.74, 6) is -0.625. The third kappa shape index (κ3) is 4.22. The quantitative estimate of drug-likeness (QED) is 0.769. The second-order valence-electron chi connectivity index (χ2n) is 6.40. The van der Waals surface area contributed by atoms with Crippen molar-refractivity contribution in [2.75, 3.05) is 23.3 Å². The van der Waals surface area contributed by atoms with Crippen molar-refractivity contribution in [3.63, 3.8) is 0 Å². The van der Waals surface area contributed by atoms with Crippen LogP contribution in [0, 0.1) is 5.92 Å². The number of piperidine rings is 1. The topological polar surface area (TPSA) is 101 Å². The van der Waals surface area contributed by atoms with Crippen LogP contribution in [-0.4, -0.2) is 30.9 Å². The Morgan fingerprint density at radius 2 is 1.83 bits per heavy atom. The highest BCUT2D eigenvalue weighted by Crippen LogP contribution is 2.27. The number of amides is 2. The number of anilines is 2. The van der Waals surface area contributed by atoms with Gasteiger partial charge in [-0.2, -0.15) is 0 Å². The van der Waals surface area contributed by atoms with Gasteiger partial charge in [0, 0.05) is 18.8 Å². The Morgan fingerprint density at radius 3 is 2.39 bits per heavy atom. The maximum atomic E-state index is 12.1. The van der Waals surface area contributed by atoms with Gasteiger partial charge in [0.25, 0.3) is 5.91 Å². The van der Waals surface area contributed by atoms with Crippen molar-refractivity contribution in [2.24, 2.45) is 17.4 Å². The van der Waals surface area contributed by atoms with Crippen LogP contribution in [0.2, 0.25) is 0 Å². The van der Waals surface area contributed by atoms with Crippen molar-refractivity contribution in [2.45, 2.75) is 39.2 Å². The molecule has 1 saturated heterocycles. The molecule has 2 rings (SSSR count). The smallest absolute Gasteiger partial charge is 0.250 e. The fourth-order valence-corrected chi connectivity index (χ4v) is 2.74. The largest absolute Gasteiger partial charge is 0.371 e. The molecule has 23 heavy (non-hydrogen) atoms. The fraction of sp³-hybridized carbons (Fsp3) is 0.529. The summed E-state index contributed by atoms with van der Waals surface area (Å²) in [6.45, 7) is 5.59. The minimum absolute atomic E-state index is 0.0569. The first-order chi connectivity index (χ1) is 10.9. The molecule has 2 amide bonds. The van der Waals surface area contributed by atoms with Crippen molar-refractivity contribution in [1.29, 1.82) is 0 Å². The van der Waals surface area contributed by atoms with E-state index in [0.717, 1.165) is 31.6 Å². The Balaban J connectivity index is 2.25. The van der Waals surface area contributed by atoms with E-state index in [1.165, 1.54) is 6.42 Å². The Morgan fingerprint density at radius 1 is 1.17 bits per heavy atom. The predicted molar refractivity (Wildman–Crippen MR) is 92.5 cm³/mol. The Labute approximate surface area is 137 Å². The van der Waals surface area contributed by atoms with Gasteiger partial charge in [-0.1, -0.05) is 13.8 Å². The number of nitrogens with two attached hydrogens (primary N) is 2. The summed E-state index contributed by atoms with van der Waals surface area (Å²) >= 11 is 0. The highest BCUT2D eigenvalue weighted by atomic mass is 16.2. The summed E-state index contributed by atoms with van der Waals surface area (Å²) in [7, 11) is 0. The van der Waals surface area contributed by atoms with E-state index in [1.54, 1.807) is 12.1 Å². The molecule has 126 valence electrons. The number of hydrogen-bond donors (Lipinski definition) is 3. The van der Waals surface area contributed by atoms with Crippen molar-refractivity contribution >= 4 is 23.2 Å². The summed E-state index contributed by atoms with van der Waals surface area (Å²) in [5.41, 5.74) is 13.3. The number of primary amides is 1. The molecule has 1 fully saturated rings. The van der Waals surface area contributed by atoms with Crippen molar-refractivity contribution in [3.8, 4) is 0 Å². The summed E-state index contributed by atoms with van der Waals surface area (Å²) in [5, 5.41) is 2.83. The average molecular weight is 318 g/mol.